The molecule has 0 fully saturated rings. The van der Waals surface area contributed by atoms with Crippen LogP contribution in [0, 0.1) is 0 Å². The molecular formula is C12H9BrCl2N2OS. The third-order valence-electron chi connectivity index (χ3n) is 2.41. The molecule has 0 N–H and O–H groups in total. The summed E-state index contributed by atoms with van der Waals surface area (Å²) in [4.78, 5) is 18.8. The van der Waals surface area contributed by atoms with Crippen LogP contribution >= 0.6 is 50.5 Å². The van der Waals surface area contributed by atoms with Crippen LogP contribution in [-0.2, 0) is 6.54 Å². The fourth-order valence-corrected chi connectivity index (χ4v) is 3.31. The van der Waals surface area contributed by atoms with Gasteiger partial charge in [0.2, 0.25) is 0 Å². The van der Waals surface area contributed by atoms with Crippen LogP contribution in [0.3, 0.4) is 0 Å². The van der Waals surface area contributed by atoms with Crippen LogP contribution in [-0.4, -0.2) is 22.8 Å². The molecule has 7 heteroatoms. The Balaban J connectivity index is 2.12. The van der Waals surface area contributed by atoms with E-state index in [1.807, 2.05) is 12.1 Å². The third-order valence-corrected chi connectivity index (χ3v) is 4.71. The molecule has 0 saturated heterocycles. The van der Waals surface area contributed by atoms with E-state index in [2.05, 4.69) is 20.9 Å². The van der Waals surface area contributed by atoms with Gasteiger partial charge in [0.05, 0.1) is 20.9 Å². The molecule has 2 rings (SSSR count). The maximum Gasteiger partial charge on any atom is 0.255 e. The summed E-state index contributed by atoms with van der Waals surface area (Å²) >= 11 is 16.6. The van der Waals surface area contributed by atoms with Crippen molar-refractivity contribution in [2.24, 2.45) is 0 Å². The lowest BCUT2D eigenvalue weighted by atomic mass is 10.2. The average Bonchev–Trinajstić information content (AvgIpc) is 2.77. The molecule has 19 heavy (non-hydrogen) atoms. The minimum Gasteiger partial charge on any atom is -0.337 e. The molecule has 0 bridgehead atoms. The number of thiophene rings is 1. The molecule has 2 heterocycles. The van der Waals surface area contributed by atoms with Crippen LogP contribution in [0.25, 0.3) is 0 Å². The molecule has 2 aromatic rings. The van der Waals surface area contributed by atoms with Crippen molar-refractivity contribution >= 4 is 56.4 Å². The summed E-state index contributed by atoms with van der Waals surface area (Å²) in [6, 6.07) is 5.46. The Hall–Kier alpha value is -0.620. The van der Waals surface area contributed by atoms with Crippen molar-refractivity contribution in [1.82, 2.24) is 9.88 Å². The molecule has 1 amide bonds. The Labute approximate surface area is 133 Å². The van der Waals surface area contributed by atoms with Gasteiger partial charge in [-0.05, 0) is 34.1 Å². The van der Waals surface area contributed by atoms with Gasteiger partial charge in [0.15, 0.2) is 0 Å². The molecule has 0 aliphatic heterocycles. The number of pyridine rings is 1. The third kappa shape index (κ3) is 3.69. The molecule has 0 aliphatic rings. The topological polar surface area (TPSA) is 33.2 Å². The highest BCUT2D eigenvalue weighted by Crippen LogP contribution is 2.24. The molecule has 100 valence electrons. The number of hydrogen-bond acceptors (Lipinski definition) is 3. The normalized spacial score (nSPS) is 10.5. The Bertz CT molecular complexity index is 618. The van der Waals surface area contributed by atoms with Crippen LogP contribution in [0.1, 0.15) is 15.2 Å². The molecule has 0 unspecified atom stereocenters. The largest absolute Gasteiger partial charge is 0.337 e. The smallest absolute Gasteiger partial charge is 0.255 e. The van der Waals surface area contributed by atoms with Crippen molar-refractivity contribution in [3.63, 3.8) is 0 Å². The number of halogens is 3. The number of aromatic nitrogens is 1. The number of amides is 1. The second-order valence-electron chi connectivity index (χ2n) is 3.86. The highest BCUT2D eigenvalue weighted by molar-refractivity contribution is 9.11. The van der Waals surface area contributed by atoms with E-state index >= 15 is 0 Å². The molecule has 0 saturated carbocycles. The predicted octanol–water partition coefficient (Wildman–Crippen LogP) is 4.48. The highest BCUT2D eigenvalue weighted by Gasteiger charge is 2.14. The second-order valence-corrected chi connectivity index (χ2v) is 7.18. The fourth-order valence-electron chi connectivity index (χ4n) is 1.50. The summed E-state index contributed by atoms with van der Waals surface area (Å²) in [5, 5.41) is 0.475. The minimum atomic E-state index is -0.143. The first-order valence-corrected chi connectivity index (χ1v) is 7.64. The van der Waals surface area contributed by atoms with E-state index in [9.17, 15) is 4.79 Å². The quantitative estimate of drug-likeness (QED) is 0.736. The summed E-state index contributed by atoms with van der Waals surface area (Å²) in [6.07, 6.45) is 1.43. The predicted molar refractivity (Wildman–Crippen MR) is 82.1 cm³/mol. The van der Waals surface area contributed by atoms with E-state index in [4.69, 9.17) is 23.2 Å². The summed E-state index contributed by atoms with van der Waals surface area (Å²) < 4.78 is 1.04. The van der Waals surface area contributed by atoms with Gasteiger partial charge in [-0.2, -0.15) is 0 Å². The summed E-state index contributed by atoms with van der Waals surface area (Å²) in [7, 11) is 1.73. The fraction of sp³-hybridized carbons (Fsp3) is 0.167. The molecule has 2 aromatic heterocycles. The van der Waals surface area contributed by atoms with Crippen LogP contribution in [0.4, 0.5) is 0 Å². The van der Waals surface area contributed by atoms with Crippen molar-refractivity contribution in [3.8, 4) is 0 Å². The lowest BCUT2D eigenvalue weighted by Crippen LogP contribution is -2.25. The van der Waals surface area contributed by atoms with Crippen molar-refractivity contribution in [2.75, 3.05) is 7.05 Å². The molecule has 0 atom stereocenters. The lowest BCUT2D eigenvalue weighted by Gasteiger charge is -2.16. The Morgan fingerprint density at radius 2 is 2.21 bits per heavy atom. The van der Waals surface area contributed by atoms with Crippen LogP contribution < -0.4 is 0 Å². The molecule has 0 aromatic carbocycles. The van der Waals surface area contributed by atoms with Gasteiger partial charge in [-0.3, -0.25) is 4.79 Å². The zero-order chi connectivity index (χ0) is 14.0. The zero-order valence-electron chi connectivity index (χ0n) is 9.86. The highest BCUT2D eigenvalue weighted by atomic mass is 79.9. The maximum absolute atomic E-state index is 12.2. The monoisotopic (exact) mass is 378 g/mol. The van der Waals surface area contributed by atoms with Gasteiger partial charge < -0.3 is 4.90 Å². The van der Waals surface area contributed by atoms with Gasteiger partial charge >= 0.3 is 0 Å². The molecular weight excluding hydrogens is 371 g/mol. The van der Waals surface area contributed by atoms with Crippen LogP contribution in [0.2, 0.25) is 10.2 Å². The first-order valence-electron chi connectivity index (χ1n) is 5.28. The zero-order valence-corrected chi connectivity index (χ0v) is 13.8. The standard InChI is InChI=1S/C12H9BrCl2N2OS/c1-17(6-8-2-3-10(13)19-8)12(18)7-4-9(14)11(15)16-5-7/h2-5H,6H2,1H3. The van der Waals surface area contributed by atoms with Gasteiger partial charge in [0.1, 0.15) is 5.15 Å². The van der Waals surface area contributed by atoms with E-state index in [1.165, 1.54) is 12.3 Å². The van der Waals surface area contributed by atoms with E-state index < -0.39 is 0 Å². The van der Waals surface area contributed by atoms with Gasteiger partial charge in [-0.1, -0.05) is 23.2 Å². The van der Waals surface area contributed by atoms with E-state index in [1.54, 1.807) is 23.3 Å². The van der Waals surface area contributed by atoms with E-state index in [-0.39, 0.29) is 16.1 Å². The van der Waals surface area contributed by atoms with Gasteiger partial charge in [-0.25, -0.2) is 4.98 Å². The Kier molecular flexibility index (Phi) is 4.84. The summed E-state index contributed by atoms with van der Waals surface area (Å²) in [5.41, 5.74) is 0.424. The van der Waals surface area contributed by atoms with Crippen molar-refractivity contribution in [2.45, 2.75) is 6.54 Å². The van der Waals surface area contributed by atoms with Crippen molar-refractivity contribution < 1.29 is 4.79 Å². The van der Waals surface area contributed by atoms with Crippen LogP contribution in [0.5, 0.6) is 0 Å². The Morgan fingerprint density at radius 3 is 2.79 bits per heavy atom. The summed E-state index contributed by atoms with van der Waals surface area (Å²) in [6.45, 7) is 0.537. The summed E-state index contributed by atoms with van der Waals surface area (Å²) in [5.74, 6) is -0.143. The molecule has 0 aliphatic carbocycles. The molecule has 0 spiro atoms. The Morgan fingerprint density at radius 1 is 1.47 bits per heavy atom. The lowest BCUT2D eigenvalue weighted by molar-refractivity contribution is 0.0786. The van der Waals surface area contributed by atoms with Crippen molar-refractivity contribution in [3.05, 3.63) is 48.8 Å². The first-order chi connectivity index (χ1) is 8.97. The first kappa shape index (κ1) is 14.8. The van der Waals surface area contributed by atoms with Crippen molar-refractivity contribution in [1.29, 1.82) is 0 Å². The minimum absolute atomic E-state index is 0.143. The number of nitrogens with zero attached hydrogens (tertiary/aromatic N) is 2. The van der Waals surface area contributed by atoms with E-state index in [0.717, 1.165) is 8.66 Å². The number of hydrogen-bond donors (Lipinski definition) is 0. The second kappa shape index (κ2) is 6.22. The van der Waals surface area contributed by atoms with Gasteiger partial charge in [0.25, 0.3) is 5.91 Å². The van der Waals surface area contributed by atoms with E-state index in [0.29, 0.717) is 12.1 Å². The van der Waals surface area contributed by atoms with Crippen LogP contribution in [0.15, 0.2) is 28.2 Å². The average molecular weight is 380 g/mol. The number of rotatable bonds is 3. The molecule has 3 nitrogen and oxygen atoms in total. The van der Waals surface area contributed by atoms with Gasteiger partial charge in [0, 0.05) is 18.1 Å². The SMILES string of the molecule is CN(Cc1ccc(Br)s1)C(=O)c1cnc(Cl)c(Cl)c1. The van der Waals surface area contributed by atoms with Gasteiger partial charge in [-0.15, -0.1) is 11.3 Å². The maximum atomic E-state index is 12.2. The number of carbonyl (C=O) groups is 1. The molecule has 0 radical (unpaired) electrons. The number of carbonyl (C=O) groups excluding carboxylic acids is 1.